The molecule has 0 bridgehead atoms. The molecular weight excluding hydrogens is 889 g/mol. The number of esters is 3. The summed E-state index contributed by atoms with van der Waals surface area (Å²) in [4.78, 5) is 37.8. The third-order valence-corrected chi connectivity index (χ3v) is 13.8. The average molecular weight is 1010 g/mol. The van der Waals surface area contributed by atoms with E-state index in [1.807, 2.05) is 0 Å². The molecule has 1 unspecified atom stereocenters. The van der Waals surface area contributed by atoms with E-state index in [1.54, 1.807) is 0 Å². The molecule has 1 atom stereocenters. The molecule has 0 saturated carbocycles. The Morgan fingerprint density at radius 2 is 0.542 bits per heavy atom. The summed E-state index contributed by atoms with van der Waals surface area (Å²) in [6.07, 6.45) is 77.1. The van der Waals surface area contributed by atoms with Gasteiger partial charge in [-0.05, 0) is 64.2 Å². The van der Waals surface area contributed by atoms with E-state index in [-0.39, 0.29) is 31.1 Å². The number of hydrogen-bond acceptors (Lipinski definition) is 6. The Hall–Kier alpha value is -2.89. The van der Waals surface area contributed by atoms with Gasteiger partial charge in [-0.25, -0.2) is 0 Å². The van der Waals surface area contributed by atoms with Crippen molar-refractivity contribution >= 4 is 17.9 Å². The van der Waals surface area contributed by atoms with Crippen LogP contribution in [-0.4, -0.2) is 37.2 Å². The molecular formula is C66H118O6. The van der Waals surface area contributed by atoms with Crippen molar-refractivity contribution in [3.63, 3.8) is 0 Å². The summed E-state index contributed by atoms with van der Waals surface area (Å²) < 4.78 is 16.8. The predicted octanol–water partition coefficient (Wildman–Crippen LogP) is 21.2. The molecule has 0 aromatic rings. The molecule has 0 aliphatic heterocycles. The highest BCUT2D eigenvalue weighted by atomic mass is 16.6. The van der Waals surface area contributed by atoms with Crippen LogP contribution in [0.5, 0.6) is 0 Å². The Morgan fingerprint density at radius 1 is 0.292 bits per heavy atom. The predicted molar refractivity (Wildman–Crippen MR) is 312 cm³/mol. The van der Waals surface area contributed by atoms with E-state index in [0.717, 1.165) is 96.3 Å². The maximum absolute atomic E-state index is 12.8. The molecule has 6 nitrogen and oxygen atoms in total. The molecule has 0 aliphatic carbocycles. The fourth-order valence-corrected chi connectivity index (χ4v) is 9.12. The number of rotatable bonds is 57. The number of carbonyl (C=O) groups is 3. The molecule has 0 aliphatic rings. The van der Waals surface area contributed by atoms with E-state index in [4.69, 9.17) is 14.2 Å². The molecule has 0 radical (unpaired) electrons. The van der Waals surface area contributed by atoms with Gasteiger partial charge in [0.25, 0.3) is 0 Å². The average Bonchev–Trinajstić information content (AvgIpc) is 3.38. The normalized spacial score (nSPS) is 12.4. The smallest absolute Gasteiger partial charge is 0.306 e. The van der Waals surface area contributed by atoms with E-state index in [2.05, 4.69) is 81.5 Å². The summed E-state index contributed by atoms with van der Waals surface area (Å²) in [5.41, 5.74) is 0. The van der Waals surface area contributed by atoms with Crippen molar-refractivity contribution in [1.82, 2.24) is 0 Å². The second-order valence-corrected chi connectivity index (χ2v) is 21.0. The van der Waals surface area contributed by atoms with Gasteiger partial charge < -0.3 is 14.2 Å². The number of hydrogen-bond donors (Lipinski definition) is 0. The Bertz CT molecular complexity index is 1290. The highest BCUT2D eigenvalue weighted by molar-refractivity contribution is 5.71. The van der Waals surface area contributed by atoms with Crippen molar-refractivity contribution < 1.29 is 28.6 Å². The lowest BCUT2D eigenvalue weighted by Crippen LogP contribution is -2.30. The van der Waals surface area contributed by atoms with Crippen molar-refractivity contribution in [2.24, 2.45) is 0 Å². The van der Waals surface area contributed by atoms with Gasteiger partial charge in [0.15, 0.2) is 6.10 Å². The van der Waals surface area contributed by atoms with E-state index in [1.165, 1.54) is 186 Å². The van der Waals surface area contributed by atoms with E-state index in [9.17, 15) is 14.4 Å². The molecule has 0 spiro atoms. The standard InChI is InChI=1S/C66H118O6/c1-4-7-10-13-15-17-19-21-23-25-26-27-28-29-30-31-32-33-34-35-36-37-38-39-40-41-43-44-46-48-50-53-56-59-65(68)71-62-63(61-70-64(67)58-55-52-12-9-6-3)72-66(69)60-57-54-51-49-47-45-42-24-22-20-18-16-14-11-8-5-2/h7,10,15,17,21,23,26-27,29-30,63H,4-6,8-9,11-14,16,18-20,22,24-25,28,31-62H2,1-3H3/b10-7-,17-15-,23-21-,27-26-,30-29-. The van der Waals surface area contributed by atoms with Crippen LogP contribution in [0.4, 0.5) is 0 Å². The monoisotopic (exact) mass is 1010 g/mol. The van der Waals surface area contributed by atoms with Crippen molar-refractivity contribution in [2.45, 2.75) is 329 Å². The SMILES string of the molecule is CC/C=C\C/C=C\C/C=C\C/C=C\C/C=C\CCCCCCCCCCCCCCCCCCCC(=O)OCC(COC(=O)CCCCCCC)OC(=O)CCCCCCCCCCCCCCCCCC. The van der Waals surface area contributed by atoms with Gasteiger partial charge in [-0.1, -0.05) is 300 Å². The van der Waals surface area contributed by atoms with Gasteiger partial charge in [-0.15, -0.1) is 0 Å². The largest absolute Gasteiger partial charge is 0.462 e. The highest BCUT2D eigenvalue weighted by Crippen LogP contribution is 2.17. The van der Waals surface area contributed by atoms with Crippen LogP contribution in [0.25, 0.3) is 0 Å². The first-order valence-corrected chi connectivity index (χ1v) is 31.3. The van der Waals surface area contributed by atoms with Crippen molar-refractivity contribution in [3.05, 3.63) is 60.8 Å². The summed E-state index contributed by atoms with van der Waals surface area (Å²) in [5.74, 6) is -0.865. The highest BCUT2D eigenvalue weighted by Gasteiger charge is 2.19. The molecule has 0 fully saturated rings. The summed E-state index contributed by atoms with van der Waals surface area (Å²) in [5, 5.41) is 0. The van der Waals surface area contributed by atoms with Gasteiger partial charge in [0.1, 0.15) is 13.2 Å². The lowest BCUT2D eigenvalue weighted by atomic mass is 10.0. The Kier molecular flexibility index (Phi) is 58.2. The molecule has 0 heterocycles. The lowest BCUT2D eigenvalue weighted by molar-refractivity contribution is -0.167. The Balaban J connectivity index is 3.92. The van der Waals surface area contributed by atoms with Crippen LogP contribution in [0.15, 0.2) is 60.8 Å². The third kappa shape index (κ3) is 58.0. The second-order valence-electron chi connectivity index (χ2n) is 21.0. The number of unbranched alkanes of at least 4 members (excludes halogenated alkanes) is 36. The van der Waals surface area contributed by atoms with Crippen molar-refractivity contribution in [2.75, 3.05) is 13.2 Å². The lowest BCUT2D eigenvalue weighted by Gasteiger charge is -2.18. The second kappa shape index (κ2) is 60.7. The Labute approximate surface area is 447 Å². The molecule has 418 valence electrons. The minimum absolute atomic E-state index is 0.0687. The summed E-state index contributed by atoms with van der Waals surface area (Å²) in [6, 6.07) is 0. The van der Waals surface area contributed by atoms with Crippen LogP contribution in [0.3, 0.4) is 0 Å². The summed E-state index contributed by atoms with van der Waals surface area (Å²) in [7, 11) is 0. The maximum Gasteiger partial charge on any atom is 0.306 e. The van der Waals surface area contributed by atoms with Gasteiger partial charge in [-0.3, -0.25) is 14.4 Å². The molecule has 0 amide bonds. The molecule has 0 aromatic heterocycles. The fraction of sp³-hybridized carbons (Fsp3) is 0.803. The van der Waals surface area contributed by atoms with Crippen molar-refractivity contribution in [1.29, 1.82) is 0 Å². The molecule has 0 saturated heterocycles. The molecule has 0 aromatic carbocycles. The number of carbonyl (C=O) groups excluding carboxylic acids is 3. The topological polar surface area (TPSA) is 78.9 Å². The van der Waals surface area contributed by atoms with Gasteiger partial charge in [-0.2, -0.15) is 0 Å². The van der Waals surface area contributed by atoms with Gasteiger partial charge >= 0.3 is 17.9 Å². The van der Waals surface area contributed by atoms with E-state index < -0.39 is 6.10 Å². The minimum atomic E-state index is -0.765. The fourth-order valence-electron chi connectivity index (χ4n) is 9.12. The van der Waals surface area contributed by atoms with Gasteiger partial charge in [0, 0.05) is 19.3 Å². The van der Waals surface area contributed by atoms with Crippen LogP contribution in [0, 0.1) is 0 Å². The summed E-state index contributed by atoms with van der Waals surface area (Å²) >= 11 is 0. The zero-order chi connectivity index (χ0) is 52.2. The first-order chi connectivity index (χ1) is 35.5. The quantitative estimate of drug-likeness (QED) is 0.0261. The van der Waals surface area contributed by atoms with Crippen LogP contribution >= 0.6 is 0 Å². The zero-order valence-electron chi connectivity index (χ0n) is 47.9. The molecule has 6 heteroatoms. The van der Waals surface area contributed by atoms with E-state index >= 15 is 0 Å². The van der Waals surface area contributed by atoms with E-state index in [0.29, 0.717) is 19.3 Å². The minimum Gasteiger partial charge on any atom is -0.462 e. The molecule has 72 heavy (non-hydrogen) atoms. The van der Waals surface area contributed by atoms with Crippen LogP contribution in [0.2, 0.25) is 0 Å². The summed E-state index contributed by atoms with van der Waals surface area (Å²) in [6.45, 7) is 6.48. The first-order valence-electron chi connectivity index (χ1n) is 31.3. The van der Waals surface area contributed by atoms with Crippen LogP contribution in [0.1, 0.15) is 323 Å². The number of allylic oxidation sites excluding steroid dienone is 10. The van der Waals surface area contributed by atoms with Crippen LogP contribution < -0.4 is 0 Å². The molecule has 0 rings (SSSR count). The third-order valence-electron chi connectivity index (χ3n) is 13.8. The zero-order valence-corrected chi connectivity index (χ0v) is 47.9. The number of ether oxygens (including phenoxy) is 3. The van der Waals surface area contributed by atoms with Gasteiger partial charge in [0.05, 0.1) is 0 Å². The molecule has 0 N–H and O–H groups in total. The van der Waals surface area contributed by atoms with Crippen LogP contribution in [-0.2, 0) is 28.6 Å². The van der Waals surface area contributed by atoms with Crippen molar-refractivity contribution in [3.8, 4) is 0 Å². The maximum atomic E-state index is 12.8. The first kappa shape index (κ1) is 69.1. The Morgan fingerprint density at radius 3 is 0.847 bits per heavy atom. The van der Waals surface area contributed by atoms with Gasteiger partial charge in [0.2, 0.25) is 0 Å².